The highest BCUT2D eigenvalue weighted by Gasteiger charge is 2.18. The van der Waals surface area contributed by atoms with Crippen LogP contribution in [-0.2, 0) is 11.3 Å². The van der Waals surface area contributed by atoms with Crippen molar-refractivity contribution in [1.29, 1.82) is 0 Å². The molecule has 5 nitrogen and oxygen atoms in total. The van der Waals surface area contributed by atoms with E-state index in [2.05, 4.69) is 22.1 Å². The van der Waals surface area contributed by atoms with Gasteiger partial charge in [-0.05, 0) is 19.1 Å². The van der Waals surface area contributed by atoms with Crippen LogP contribution in [0.2, 0.25) is 0 Å². The lowest BCUT2D eigenvalue weighted by Crippen LogP contribution is -2.23. The molecule has 8 heteroatoms. The molecule has 0 radical (unpaired) electrons. The number of carbonyl (C=O) groups excluding carboxylic acids is 1. The van der Waals surface area contributed by atoms with E-state index in [0.717, 1.165) is 12.1 Å². The zero-order valence-electron chi connectivity index (χ0n) is 11.8. The molecule has 0 aliphatic rings. The Bertz CT molecular complexity index is 689. The maximum absolute atomic E-state index is 13.1. The summed E-state index contributed by atoms with van der Waals surface area (Å²) in [5.74, 6) is -2.31. The molecule has 116 valence electrons. The van der Waals surface area contributed by atoms with Gasteiger partial charge in [0.05, 0.1) is 5.25 Å². The highest BCUT2D eigenvalue weighted by molar-refractivity contribution is 8.00. The van der Waals surface area contributed by atoms with Crippen molar-refractivity contribution in [2.24, 2.45) is 0 Å². The molecule has 0 fully saturated rings. The molecular formula is C14H14F2N4OS. The lowest BCUT2D eigenvalue weighted by Gasteiger charge is -2.12. The van der Waals surface area contributed by atoms with E-state index >= 15 is 0 Å². The third-order valence-corrected chi connectivity index (χ3v) is 3.84. The fraction of sp³-hybridized carbons (Fsp3) is 0.214. The van der Waals surface area contributed by atoms with E-state index in [-0.39, 0.29) is 11.6 Å². The molecule has 1 amide bonds. The lowest BCUT2D eigenvalue weighted by molar-refractivity contribution is -0.115. The number of amides is 1. The molecule has 2 aromatic rings. The largest absolute Gasteiger partial charge is 0.325 e. The summed E-state index contributed by atoms with van der Waals surface area (Å²) in [4.78, 5) is 12.1. The van der Waals surface area contributed by atoms with Gasteiger partial charge in [0.2, 0.25) is 5.91 Å². The highest BCUT2D eigenvalue weighted by atomic mass is 32.2. The van der Waals surface area contributed by atoms with Crippen LogP contribution in [0.3, 0.4) is 0 Å². The van der Waals surface area contributed by atoms with E-state index in [4.69, 9.17) is 0 Å². The van der Waals surface area contributed by atoms with Crippen LogP contribution in [0.15, 0.2) is 42.3 Å². The van der Waals surface area contributed by atoms with Crippen LogP contribution in [0.5, 0.6) is 0 Å². The Morgan fingerprint density at radius 2 is 2.27 bits per heavy atom. The number of benzene rings is 1. The van der Waals surface area contributed by atoms with E-state index in [1.165, 1.54) is 17.8 Å². The lowest BCUT2D eigenvalue weighted by atomic mass is 10.3. The standard InChI is InChI=1S/C14H14F2N4OS/c1-3-6-20-8-17-19-14(20)22-9(2)13(21)18-10-4-5-11(15)12(16)7-10/h3-5,7-9H,1,6H2,2H3,(H,18,21)/t9-/m1/s1. The van der Waals surface area contributed by atoms with Crippen molar-refractivity contribution in [3.8, 4) is 0 Å². The molecule has 1 atom stereocenters. The van der Waals surface area contributed by atoms with Gasteiger partial charge in [-0.25, -0.2) is 8.78 Å². The van der Waals surface area contributed by atoms with Crippen molar-refractivity contribution in [3.05, 3.63) is 48.8 Å². The average molecular weight is 324 g/mol. The number of anilines is 1. The molecule has 0 aliphatic heterocycles. The predicted octanol–water partition coefficient (Wildman–Crippen LogP) is 2.86. The number of hydrogen-bond donors (Lipinski definition) is 1. The smallest absolute Gasteiger partial charge is 0.237 e. The molecule has 1 aromatic heterocycles. The third kappa shape index (κ3) is 3.91. The van der Waals surface area contributed by atoms with Gasteiger partial charge in [0.15, 0.2) is 16.8 Å². The van der Waals surface area contributed by atoms with E-state index < -0.39 is 16.9 Å². The minimum absolute atomic E-state index is 0.198. The Hall–Kier alpha value is -2.22. The number of halogens is 2. The SMILES string of the molecule is C=CCn1cnnc1S[C@H](C)C(=O)Nc1ccc(F)c(F)c1. The summed E-state index contributed by atoms with van der Waals surface area (Å²) in [5.41, 5.74) is 0.198. The van der Waals surface area contributed by atoms with Crippen molar-refractivity contribution >= 4 is 23.4 Å². The number of thioether (sulfide) groups is 1. The van der Waals surface area contributed by atoms with Crippen molar-refractivity contribution in [1.82, 2.24) is 14.8 Å². The maximum atomic E-state index is 13.1. The van der Waals surface area contributed by atoms with Gasteiger partial charge in [0.25, 0.3) is 0 Å². The zero-order chi connectivity index (χ0) is 16.1. The second-order valence-electron chi connectivity index (χ2n) is 4.43. The van der Waals surface area contributed by atoms with Crippen molar-refractivity contribution < 1.29 is 13.6 Å². The number of rotatable bonds is 6. The number of allylic oxidation sites excluding steroid dienone is 1. The third-order valence-electron chi connectivity index (χ3n) is 2.74. The van der Waals surface area contributed by atoms with E-state index in [1.807, 2.05) is 0 Å². The Labute approximate surface area is 130 Å². The zero-order valence-corrected chi connectivity index (χ0v) is 12.6. The number of nitrogens with zero attached hydrogens (tertiary/aromatic N) is 3. The summed E-state index contributed by atoms with van der Waals surface area (Å²) in [6.45, 7) is 5.85. The van der Waals surface area contributed by atoms with E-state index in [9.17, 15) is 13.6 Å². The Balaban J connectivity index is 2.01. The van der Waals surface area contributed by atoms with Crippen LogP contribution in [0, 0.1) is 11.6 Å². The van der Waals surface area contributed by atoms with Gasteiger partial charge < -0.3 is 9.88 Å². The summed E-state index contributed by atoms with van der Waals surface area (Å²) in [7, 11) is 0. The summed E-state index contributed by atoms with van der Waals surface area (Å²) in [6.07, 6.45) is 3.24. The minimum atomic E-state index is -1.01. The normalized spacial score (nSPS) is 12.0. The van der Waals surface area contributed by atoms with E-state index in [1.54, 1.807) is 23.9 Å². The summed E-state index contributed by atoms with van der Waals surface area (Å²) in [6, 6.07) is 3.20. The van der Waals surface area contributed by atoms with Gasteiger partial charge in [-0.3, -0.25) is 4.79 Å². The molecule has 1 aromatic carbocycles. The summed E-state index contributed by atoms with van der Waals surface area (Å²) >= 11 is 1.21. The molecule has 1 N–H and O–H groups in total. The first-order valence-corrected chi connectivity index (χ1v) is 7.30. The topological polar surface area (TPSA) is 59.8 Å². The quantitative estimate of drug-likeness (QED) is 0.656. The Morgan fingerprint density at radius 3 is 2.95 bits per heavy atom. The predicted molar refractivity (Wildman–Crippen MR) is 80.5 cm³/mol. The highest BCUT2D eigenvalue weighted by Crippen LogP contribution is 2.22. The van der Waals surface area contributed by atoms with E-state index in [0.29, 0.717) is 11.7 Å². The first-order chi connectivity index (χ1) is 10.5. The molecule has 0 aliphatic carbocycles. The van der Waals surface area contributed by atoms with Gasteiger partial charge in [0.1, 0.15) is 6.33 Å². The van der Waals surface area contributed by atoms with Crippen molar-refractivity contribution in [2.45, 2.75) is 23.9 Å². The van der Waals surface area contributed by atoms with Crippen LogP contribution in [0.4, 0.5) is 14.5 Å². The maximum Gasteiger partial charge on any atom is 0.237 e. The molecule has 0 saturated heterocycles. The van der Waals surface area contributed by atoms with Crippen LogP contribution in [0.25, 0.3) is 0 Å². The second-order valence-corrected chi connectivity index (χ2v) is 5.74. The average Bonchev–Trinajstić information content (AvgIpc) is 2.90. The first kappa shape index (κ1) is 16.2. The van der Waals surface area contributed by atoms with Crippen molar-refractivity contribution in [2.75, 3.05) is 5.32 Å². The fourth-order valence-electron chi connectivity index (χ4n) is 1.63. The van der Waals surface area contributed by atoms with Gasteiger partial charge in [-0.1, -0.05) is 17.8 Å². The summed E-state index contributed by atoms with van der Waals surface area (Å²) in [5, 5.41) is 10.3. The summed E-state index contributed by atoms with van der Waals surface area (Å²) < 4.78 is 27.7. The van der Waals surface area contributed by atoms with Crippen LogP contribution in [-0.4, -0.2) is 25.9 Å². The van der Waals surface area contributed by atoms with Gasteiger partial charge >= 0.3 is 0 Å². The second kappa shape index (κ2) is 7.17. The fourth-order valence-corrected chi connectivity index (χ4v) is 2.46. The molecule has 2 rings (SSSR count). The van der Waals surface area contributed by atoms with Crippen LogP contribution < -0.4 is 5.32 Å². The van der Waals surface area contributed by atoms with Gasteiger partial charge in [0, 0.05) is 18.3 Å². The van der Waals surface area contributed by atoms with Gasteiger partial charge in [-0.2, -0.15) is 0 Å². The Morgan fingerprint density at radius 1 is 1.50 bits per heavy atom. The number of hydrogen-bond acceptors (Lipinski definition) is 4. The first-order valence-electron chi connectivity index (χ1n) is 6.42. The molecule has 0 unspecified atom stereocenters. The number of aromatic nitrogens is 3. The molecular weight excluding hydrogens is 310 g/mol. The van der Waals surface area contributed by atoms with Crippen LogP contribution >= 0.6 is 11.8 Å². The van der Waals surface area contributed by atoms with Crippen LogP contribution in [0.1, 0.15) is 6.92 Å². The van der Waals surface area contributed by atoms with Crippen molar-refractivity contribution in [3.63, 3.8) is 0 Å². The molecule has 1 heterocycles. The molecule has 22 heavy (non-hydrogen) atoms. The van der Waals surface area contributed by atoms with Gasteiger partial charge in [-0.15, -0.1) is 16.8 Å². The Kier molecular flexibility index (Phi) is 5.26. The number of nitrogens with one attached hydrogen (secondary N) is 1. The monoisotopic (exact) mass is 324 g/mol. The minimum Gasteiger partial charge on any atom is -0.325 e. The molecule has 0 bridgehead atoms. The number of carbonyl (C=O) groups is 1. The molecule has 0 saturated carbocycles. The molecule has 0 spiro atoms.